The third kappa shape index (κ3) is 3.85. The van der Waals surface area contributed by atoms with Gasteiger partial charge in [0.15, 0.2) is 0 Å². The predicted octanol–water partition coefficient (Wildman–Crippen LogP) is 2.30. The van der Waals surface area contributed by atoms with Gasteiger partial charge in [-0.1, -0.05) is 0 Å². The fraction of sp³-hybridized carbons (Fsp3) is 0.579. The van der Waals surface area contributed by atoms with E-state index in [1.807, 2.05) is 30.6 Å². The van der Waals surface area contributed by atoms with Crippen LogP contribution < -0.4 is 4.90 Å². The van der Waals surface area contributed by atoms with Gasteiger partial charge in [0.2, 0.25) is 5.95 Å². The first-order valence-corrected chi connectivity index (χ1v) is 9.24. The largest absolute Gasteiger partial charge is 0.462 e. The molecule has 134 valence electrons. The Balaban J connectivity index is 1.27. The van der Waals surface area contributed by atoms with Crippen molar-refractivity contribution in [1.82, 2.24) is 14.9 Å². The molecule has 6 nitrogen and oxygen atoms in total. The average Bonchev–Trinajstić information content (AvgIpc) is 3.32. The normalized spacial score (nSPS) is 22.6. The molecule has 0 bridgehead atoms. The Morgan fingerprint density at radius 3 is 2.44 bits per heavy atom. The molecule has 0 radical (unpaired) electrons. The Morgan fingerprint density at radius 2 is 1.72 bits per heavy atom. The Morgan fingerprint density at radius 1 is 1.00 bits per heavy atom. The second-order valence-corrected chi connectivity index (χ2v) is 7.18. The predicted molar refractivity (Wildman–Crippen MR) is 95.0 cm³/mol. The van der Waals surface area contributed by atoms with Gasteiger partial charge in [-0.15, -0.1) is 0 Å². The van der Waals surface area contributed by atoms with Crippen LogP contribution in [0.15, 0.2) is 35.0 Å². The molecule has 0 aliphatic carbocycles. The number of nitrogens with zero attached hydrogens (tertiary/aromatic N) is 4. The highest BCUT2D eigenvalue weighted by Crippen LogP contribution is 2.33. The maximum absolute atomic E-state index is 9.11. The number of aliphatic hydroxyl groups is 1. The minimum atomic E-state index is -0.0215. The Labute approximate surface area is 148 Å². The highest BCUT2D eigenvalue weighted by molar-refractivity contribution is 5.28. The van der Waals surface area contributed by atoms with Crippen molar-refractivity contribution >= 4 is 5.95 Å². The second kappa shape index (κ2) is 7.54. The standard InChI is InChI=1S/C19H26N4O2/c24-14-18-3-2-17(25-18)13-22-9-4-16(12-22)15-5-10-23(11-6-15)19-20-7-1-8-21-19/h1-3,7-8,15-16,24H,4-6,9-14H2. The number of furan rings is 1. The summed E-state index contributed by atoms with van der Waals surface area (Å²) in [7, 11) is 0. The lowest BCUT2D eigenvalue weighted by Crippen LogP contribution is -2.37. The zero-order valence-electron chi connectivity index (χ0n) is 14.5. The van der Waals surface area contributed by atoms with E-state index in [-0.39, 0.29) is 6.61 Å². The molecule has 0 saturated carbocycles. The molecule has 0 aromatic carbocycles. The zero-order valence-corrected chi connectivity index (χ0v) is 14.5. The van der Waals surface area contributed by atoms with E-state index < -0.39 is 0 Å². The highest BCUT2D eigenvalue weighted by Gasteiger charge is 2.32. The molecule has 2 fully saturated rings. The number of hydrogen-bond acceptors (Lipinski definition) is 6. The molecule has 1 unspecified atom stereocenters. The van der Waals surface area contributed by atoms with Crippen molar-refractivity contribution in [3.05, 3.63) is 42.1 Å². The molecule has 2 aromatic rings. The van der Waals surface area contributed by atoms with Crippen molar-refractivity contribution in [2.45, 2.75) is 32.4 Å². The summed E-state index contributed by atoms with van der Waals surface area (Å²) in [6.45, 7) is 5.25. The summed E-state index contributed by atoms with van der Waals surface area (Å²) >= 11 is 0. The van der Waals surface area contributed by atoms with Crippen LogP contribution in [0.4, 0.5) is 5.95 Å². The van der Waals surface area contributed by atoms with E-state index in [0.717, 1.165) is 56.3 Å². The number of aliphatic hydroxyl groups excluding tert-OH is 1. The molecule has 1 N–H and O–H groups in total. The molecule has 0 amide bonds. The van der Waals surface area contributed by atoms with Gasteiger partial charge in [-0.2, -0.15) is 0 Å². The van der Waals surface area contributed by atoms with Gasteiger partial charge in [0.1, 0.15) is 18.1 Å². The van der Waals surface area contributed by atoms with Crippen molar-refractivity contribution < 1.29 is 9.52 Å². The van der Waals surface area contributed by atoms with Crippen LogP contribution in [0, 0.1) is 11.8 Å². The van der Waals surface area contributed by atoms with E-state index in [1.165, 1.54) is 19.3 Å². The Hall–Kier alpha value is -1.92. The molecule has 4 heterocycles. The van der Waals surface area contributed by atoms with Crippen LogP contribution >= 0.6 is 0 Å². The fourth-order valence-corrected chi connectivity index (χ4v) is 4.23. The summed E-state index contributed by atoms with van der Waals surface area (Å²) in [4.78, 5) is 13.5. The van der Waals surface area contributed by atoms with Crippen LogP contribution in [-0.4, -0.2) is 46.2 Å². The van der Waals surface area contributed by atoms with Crippen molar-refractivity contribution in [2.75, 3.05) is 31.1 Å². The molecule has 2 saturated heterocycles. The van der Waals surface area contributed by atoms with E-state index in [1.54, 1.807) is 0 Å². The van der Waals surface area contributed by atoms with Gasteiger partial charge in [0, 0.05) is 32.0 Å². The summed E-state index contributed by atoms with van der Waals surface area (Å²) in [5.41, 5.74) is 0. The quantitative estimate of drug-likeness (QED) is 0.899. The third-order valence-electron chi connectivity index (χ3n) is 5.60. The zero-order chi connectivity index (χ0) is 17.1. The summed E-state index contributed by atoms with van der Waals surface area (Å²) in [6, 6.07) is 5.72. The molecule has 2 aromatic heterocycles. The minimum Gasteiger partial charge on any atom is -0.462 e. The van der Waals surface area contributed by atoms with E-state index in [0.29, 0.717) is 5.76 Å². The average molecular weight is 342 g/mol. The topological polar surface area (TPSA) is 65.6 Å². The molecule has 4 rings (SSSR count). The lowest BCUT2D eigenvalue weighted by Gasteiger charge is -2.34. The van der Waals surface area contributed by atoms with Gasteiger partial charge in [0.25, 0.3) is 0 Å². The maximum atomic E-state index is 9.11. The molecule has 2 aliphatic rings. The summed E-state index contributed by atoms with van der Waals surface area (Å²) in [5, 5.41) is 9.11. The lowest BCUT2D eigenvalue weighted by atomic mass is 9.84. The number of anilines is 1. The second-order valence-electron chi connectivity index (χ2n) is 7.18. The molecule has 6 heteroatoms. The Kier molecular flexibility index (Phi) is 4.99. The SMILES string of the molecule is OCc1ccc(CN2CCC(C3CCN(c4ncccn4)CC3)C2)o1. The van der Waals surface area contributed by atoms with Crippen LogP contribution in [-0.2, 0) is 13.2 Å². The number of likely N-dealkylation sites (tertiary alicyclic amines) is 1. The number of hydrogen-bond donors (Lipinski definition) is 1. The maximum Gasteiger partial charge on any atom is 0.225 e. The molecule has 1 atom stereocenters. The first-order valence-electron chi connectivity index (χ1n) is 9.24. The van der Waals surface area contributed by atoms with Gasteiger partial charge in [-0.05, 0) is 55.8 Å². The number of aromatic nitrogens is 2. The smallest absolute Gasteiger partial charge is 0.225 e. The van der Waals surface area contributed by atoms with Crippen LogP contribution in [0.5, 0.6) is 0 Å². The van der Waals surface area contributed by atoms with E-state index in [9.17, 15) is 0 Å². The monoisotopic (exact) mass is 342 g/mol. The van der Waals surface area contributed by atoms with Gasteiger partial charge >= 0.3 is 0 Å². The van der Waals surface area contributed by atoms with Crippen LogP contribution in [0.3, 0.4) is 0 Å². The van der Waals surface area contributed by atoms with Crippen LogP contribution in [0.25, 0.3) is 0 Å². The van der Waals surface area contributed by atoms with Crippen molar-refractivity contribution in [3.63, 3.8) is 0 Å². The van der Waals surface area contributed by atoms with Crippen LogP contribution in [0.2, 0.25) is 0 Å². The van der Waals surface area contributed by atoms with E-state index in [4.69, 9.17) is 9.52 Å². The van der Waals surface area contributed by atoms with Gasteiger partial charge < -0.3 is 14.4 Å². The van der Waals surface area contributed by atoms with Crippen molar-refractivity contribution in [3.8, 4) is 0 Å². The lowest BCUT2D eigenvalue weighted by molar-refractivity contribution is 0.222. The molecule has 25 heavy (non-hydrogen) atoms. The minimum absolute atomic E-state index is 0.0215. The molecular weight excluding hydrogens is 316 g/mol. The van der Waals surface area contributed by atoms with E-state index in [2.05, 4.69) is 19.8 Å². The molecular formula is C19H26N4O2. The van der Waals surface area contributed by atoms with Gasteiger partial charge in [-0.25, -0.2) is 9.97 Å². The molecule has 2 aliphatic heterocycles. The van der Waals surface area contributed by atoms with Gasteiger partial charge in [-0.3, -0.25) is 4.90 Å². The summed E-state index contributed by atoms with van der Waals surface area (Å²) in [6.07, 6.45) is 7.37. The summed E-state index contributed by atoms with van der Waals surface area (Å²) < 4.78 is 5.63. The number of rotatable bonds is 5. The van der Waals surface area contributed by atoms with Crippen LogP contribution in [0.1, 0.15) is 30.8 Å². The van der Waals surface area contributed by atoms with Gasteiger partial charge in [0.05, 0.1) is 6.54 Å². The van der Waals surface area contributed by atoms with E-state index >= 15 is 0 Å². The molecule has 0 spiro atoms. The van der Waals surface area contributed by atoms with Crippen molar-refractivity contribution in [1.29, 1.82) is 0 Å². The first-order chi connectivity index (χ1) is 12.3. The third-order valence-corrected chi connectivity index (χ3v) is 5.60. The fourth-order valence-electron chi connectivity index (χ4n) is 4.23. The van der Waals surface area contributed by atoms with Crippen molar-refractivity contribution in [2.24, 2.45) is 11.8 Å². The highest BCUT2D eigenvalue weighted by atomic mass is 16.4. The number of piperidine rings is 1. The first kappa shape index (κ1) is 16.5. The Bertz CT molecular complexity index is 667. The summed E-state index contributed by atoms with van der Waals surface area (Å²) in [5.74, 6) is 4.06.